The summed E-state index contributed by atoms with van der Waals surface area (Å²) in [6, 6.07) is 8.13. The van der Waals surface area contributed by atoms with E-state index in [1.807, 2.05) is 39.1 Å². The maximum Gasteiger partial charge on any atom is 0.249 e. The minimum atomic E-state index is -0.702. The number of hydrogen-bond acceptors (Lipinski definition) is 2. The zero-order valence-electron chi connectivity index (χ0n) is 13.0. The van der Waals surface area contributed by atoms with Crippen LogP contribution < -0.4 is 0 Å². The van der Waals surface area contributed by atoms with Crippen molar-refractivity contribution in [2.75, 3.05) is 14.1 Å². The maximum absolute atomic E-state index is 12.4. The Hall–Kier alpha value is -1.37. The molecule has 5 heteroatoms. The summed E-state index contributed by atoms with van der Waals surface area (Å²) in [5.41, 5.74) is 2.40. The molecule has 1 heterocycles. The standard InChI is InChI=1S/C16H20IN3O/c1-11-10-20(16(2,3)15(21)19(4)5)18-14(11)12-8-6-7-9-13(12)17/h6-10H,1-5H3. The summed E-state index contributed by atoms with van der Waals surface area (Å²) in [5.74, 6) is 0.0271. The zero-order chi connectivity index (χ0) is 15.8. The largest absolute Gasteiger partial charge is 0.347 e. The first-order valence-electron chi connectivity index (χ1n) is 6.78. The second-order valence-electron chi connectivity index (χ2n) is 5.84. The fourth-order valence-electron chi connectivity index (χ4n) is 2.31. The lowest BCUT2D eigenvalue weighted by atomic mass is 10.0. The van der Waals surface area contributed by atoms with Crippen molar-refractivity contribution in [3.63, 3.8) is 0 Å². The number of likely N-dealkylation sites (N-methyl/N-ethyl adjacent to an activating group) is 1. The van der Waals surface area contributed by atoms with Crippen LogP contribution >= 0.6 is 22.6 Å². The van der Waals surface area contributed by atoms with Gasteiger partial charge in [-0.15, -0.1) is 0 Å². The Balaban J connectivity index is 2.50. The van der Waals surface area contributed by atoms with Crippen LogP contribution in [0.5, 0.6) is 0 Å². The molecule has 1 aromatic carbocycles. The van der Waals surface area contributed by atoms with Crippen molar-refractivity contribution < 1.29 is 4.79 Å². The molecule has 0 fully saturated rings. The van der Waals surface area contributed by atoms with Gasteiger partial charge in [-0.1, -0.05) is 18.2 Å². The zero-order valence-corrected chi connectivity index (χ0v) is 15.2. The molecule has 112 valence electrons. The highest BCUT2D eigenvalue weighted by Gasteiger charge is 2.32. The molecule has 4 nitrogen and oxygen atoms in total. The van der Waals surface area contributed by atoms with Crippen molar-refractivity contribution in [3.8, 4) is 11.3 Å². The number of amides is 1. The fourth-order valence-corrected chi connectivity index (χ4v) is 2.95. The highest BCUT2D eigenvalue weighted by molar-refractivity contribution is 14.1. The molecule has 2 aromatic rings. The van der Waals surface area contributed by atoms with Gasteiger partial charge in [0.15, 0.2) is 0 Å². The number of aryl methyl sites for hydroxylation is 1. The van der Waals surface area contributed by atoms with Gasteiger partial charge in [-0.05, 0) is 55.0 Å². The Morgan fingerprint density at radius 1 is 1.29 bits per heavy atom. The molecule has 0 aliphatic rings. The first-order valence-corrected chi connectivity index (χ1v) is 7.86. The molecule has 0 aliphatic heterocycles. The predicted octanol–water partition coefficient (Wildman–Crippen LogP) is 3.29. The lowest BCUT2D eigenvalue weighted by Gasteiger charge is -2.27. The Kier molecular flexibility index (Phi) is 4.41. The molecule has 0 unspecified atom stereocenters. The van der Waals surface area contributed by atoms with E-state index in [-0.39, 0.29) is 5.91 Å². The third kappa shape index (κ3) is 2.97. The normalized spacial score (nSPS) is 11.5. The van der Waals surface area contributed by atoms with E-state index in [1.165, 1.54) is 0 Å². The van der Waals surface area contributed by atoms with Crippen LogP contribution in [0, 0.1) is 10.5 Å². The van der Waals surface area contributed by atoms with Crippen LogP contribution in [0.4, 0.5) is 0 Å². The number of benzene rings is 1. The molecule has 0 spiro atoms. The number of aromatic nitrogens is 2. The van der Waals surface area contributed by atoms with Crippen molar-refractivity contribution >= 4 is 28.5 Å². The van der Waals surface area contributed by atoms with E-state index in [1.54, 1.807) is 23.7 Å². The molecule has 0 N–H and O–H groups in total. The number of carbonyl (C=O) groups is 1. The van der Waals surface area contributed by atoms with Gasteiger partial charge in [0.1, 0.15) is 5.54 Å². The average Bonchev–Trinajstić information content (AvgIpc) is 2.81. The molecule has 0 bridgehead atoms. The van der Waals surface area contributed by atoms with Gasteiger partial charge in [0, 0.05) is 29.4 Å². The molecule has 0 aliphatic carbocycles. The molecule has 0 saturated heterocycles. The second kappa shape index (κ2) is 5.79. The highest BCUT2D eigenvalue weighted by atomic mass is 127. The van der Waals surface area contributed by atoms with E-state index in [9.17, 15) is 4.79 Å². The summed E-state index contributed by atoms with van der Waals surface area (Å²) >= 11 is 2.31. The van der Waals surface area contributed by atoms with Crippen LogP contribution in [-0.2, 0) is 10.3 Å². The van der Waals surface area contributed by atoms with Crippen LogP contribution in [0.2, 0.25) is 0 Å². The van der Waals surface area contributed by atoms with E-state index in [0.717, 1.165) is 20.4 Å². The Morgan fingerprint density at radius 3 is 2.48 bits per heavy atom. The lowest BCUT2D eigenvalue weighted by molar-refractivity contribution is -0.137. The Morgan fingerprint density at radius 2 is 1.90 bits per heavy atom. The number of rotatable bonds is 3. The average molecular weight is 397 g/mol. The van der Waals surface area contributed by atoms with Gasteiger partial charge in [0.05, 0.1) is 5.69 Å². The van der Waals surface area contributed by atoms with Crippen molar-refractivity contribution in [2.24, 2.45) is 0 Å². The predicted molar refractivity (Wildman–Crippen MR) is 93.1 cm³/mol. The van der Waals surface area contributed by atoms with Crippen molar-refractivity contribution in [1.29, 1.82) is 0 Å². The summed E-state index contributed by atoms with van der Waals surface area (Å²) < 4.78 is 2.92. The van der Waals surface area contributed by atoms with Crippen LogP contribution in [0.3, 0.4) is 0 Å². The van der Waals surface area contributed by atoms with Crippen LogP contribution in [0.1, 0.15) is 19.4 Å². The first kappa shape index (κ1) is 16.0. The van der Waals surface area contributed by atoms with Crippen LogP contribution in [0.25, 0.3) is 11.3 Å². The van der Waals surface area contributed by atoms with E-state index in [0.29, 0.717) is 0 Å². The molecular weight excluding hydrogens is 377 g/mol. The molecule has 0 atom stereocenters. The summed E-state index contributed by atoms with van der Waals surface area (Å²) in [4.78, 5) is 14.0. The Labute approximate surface area is 139 Å². The number of carbonyl (C=O) groups excluding carboxylic acids is 1. The molecule has 2 rings (SSSR count). The molecule has 21 heavy (non-hydrogen) atoms. The van der Waals surface area contributed by atoms with Crippen LogP contribution in [0.15, 0.2) is 30.5 Å². The SMILES string of the molecule is Cc1cn(C(C)(C)C(=O)N(C)C)nc1-c1ccccc1I. The first-order chi connectivity index (χ1) is 9.75. The summed E-state index contributed by atoms with van der Waals surface area (Å²) in [6.07, 6.45) is 1.94. The minimum Gasteiger partial charge on any atom is -0.347 e. The van der Waals surface area contributed by atoms with Crippen molar-refractivity contribution in [1.82, 2.24) is 14.7 Å². The summed E-state index contributed by atoms with van der Waals surface area (Å²) in [5, 5.41) is 4.68. The summed E-state index contributed by atoms with van der Waals surface area (Å²) in [7, 11) is 3.53. The Bertz CT molecular complexity index is 674. The number of halogens is 1. The number of hydrogen-bond donors (Lipinski definition) is 0. The molecule has 1 amide bonds. The quantitative estimate of drug-likeness (QED) is 0.746. The summed E-state index contributed by atoms with van der Waals surface area (Å²) in [6.45, 7) is 5.81. The molecule has 0 radical (unpaired) electrons. The molecular formula is C16H20IN3O. The third-order valence-corrected chi connectivity index (χ3v) is 4.47. The topological polar surface area (TPSA) is 38.1 Å². The lowest BCUT2D eigenvalue weighted by Crippen LogP contribution is -2.44. The van der Waals surface area contributed by atoms with Crippen molar-refractivity contribution in [3.05, 3.63) is 39.6 Å². The van der Waals surface area contributed by atoms with Gasteiger partial charge in [-0.2, -0.15) is 5.10 Å². The molecule has 0 saturated carbocycles. The van der Waals surface area contributed by atoms with Gasteiger partial charge in [-0.3, -0.25) is 9.48 Å². The minimum absolute atomic E-state index is 0.0271. The third-order valence-electron chi connectivity index (χ3n) is 3.53. The van der Waals surface area contributed by atoms with E-state index in [4.69, 9.17) is 0 Å². The van der Waals surface area contributed by atoms with E-state index >= 15 is 0 Å². The maximum atomic E-state index is 12.4. The highest BCUT2D eigenvalue weighted by Crippen LogP contribution is 2.28. The van der Waals surface area contributed by atoms with E-state index in [2.05, 4.69) is 39.8 Å². The van der Waals surface area contributed by atoms with Gasteiger partial charge < -0.3 is 4.90 Å². The molecule has 1 aromatic heterocycles. The fraction of sp³-hybridized carbons (Fsp3) is 0.375. The van der Waals surface area contributed by atoms with Gasteiger partial charge in [-0.25, -0.2) is 0 Å². The van der Waals surface area contributed by atoms with Gasteiger partial charge in [0.2, 0.25) is 5.91 Å². The van der Waals surface area contributed by atoms with E-state index < -0.39 is 5.54 Å². The number of nitrogens with zero attached hydrogens (tertiary/aromatic N) is 3. The van der Waals surface area contributed by atoms with Gasteiger partial charge >= 0.3 is 0 Å². The second-order valence-corrected chi connectivity index (χ2v) is 7.01. The van der Waals surface area contributed by atoms with Crippen molar-refractivity contribution in [2.45, 2.75) is 26.3 Å². The smallest absolute Gasteiger partial charge is 0.249 e. The van der Waals surface area contributed by atoms with Crippen LogP contribution in [-0.4, -0.2) is 34.7 Å². The van der Waals surface area contributed by atoms with Gasteiger partial charge in [0.25, 0.3) is 0 Å². The monoisotopic (exact) mass is 397 g/mol.